The number of carbonyl (C=O) groups excluding carboxylic acids is 1. The van der Waals surface area contributed by atoms with Crippen LogP contribution in [0.15, 0.2) is 36.9 Å². The monoisotopic (exact) mass is 312 g/mol. The van der Waals surface area contributed by atoms with E-state index in [4.69, 9.17) is 4.74 Å². The van der Waals surface area contributed by atoms with Crippen molar-refractivity contribution < 1.29 is 17.9 Å². The van der Waals surface area contributed by atoms with E-state index in [1.54, 1.807) is 24.3 Å². The Balaban J connectivity index is 2.58. The number of ether oxygens (including phenoxy) is 1. The quantitative estimate of drug-likeness (QED) is 0.723. The van der Waals surface area contributed by atoms with Crippen LogP contribution in [0.3, 0.4) is 0 Å². The summed E-state index contributed by atoms with van der Waals surface area (Å²) in [5.41, 5.74) is 0.462. The Morgan fingerprint density at radius 3 is 2.76 bits per heavy atom. The van der Waals surface area contributed by atoms with Gasteiger partial charge in [0, 0.05) is 25.2 Å². The molecule has 7 heteroatoms. The van der Waals surface area contributed by atoms with E-state index in [9.17, 15) is 13.2 Å². The van der Waals surface area contributed by atoms with Gasteiger partial charge < -0.3 is 10.1 Å². The fourth-order valence-corrected chi connectivity index (χ4v) is 2.50. The Hall–Kier alpha value is -1.86. The zero-order valence-electron chi connectivity index (χ0n) is 12.2. The fourth-order valence-electron chi connectivity index (χ4n) is 1.70. The molecule has 0 unspecified atom stereocenters. The van der Waals surface area contributed by atoms with Crippen LogP contribution in [0.1, 0.15) is 10.4 Å². The van der Waals surface area contributed by atoms with Crippen molar-refractivity contribution in [2.45, 2.75) is 0 Å². The van der Waals surface area contributed by atoms with Crippen molar-refractivity contribution in [1.29, 1.82) is 0 Å². The van der Waals surface area contributed by atoms with Crippen molar-refractivity contribution >= 4 is 15.9 Å². The second-order valence-corrected chi connectivity index (χ2v) is 6.38. The number of nitrogens with zero attached hydrogens (tertiary/aromatic N) is 1. The number of amides is 1. The third-order valence-electron chi connectivity index (χ3n) is 2.78. The van der Waals surface area contributed by atoms with E-state index in [0.717, 1.165) is 6.26 Å². The predicted octanol–water partition coefficient (Wildman–Crippen LogP) is 0.873. The zero-order valence-corrected chi connectivity index (χ0v) is 13.0. The number of nitrogens with one attached hydrogen (secondary N) is 1. The maximum Gasteiger partial charge on any atom is 0.251 e. The average Bonchev–Trinajstić information content (AvgIpc) is 2.45. The molecule has 0 aromatic heterocycles. The molecule has 0 aliphatic rings. The van der Waals surface area contributed by atoms with Gasteiger partial charge in [-0.15, -0.1) is 6.58 Å². The van der Waals surface area contributed by atoms with Crippen molar-refractivity contribution in [2.24, 2.45) is 0 Å². The molecule has 6 nitrogen and oxygen atoms in total. The molecule has 0 aliphatic heterocycles. The van der Waals surface area contributed by atoms with Gasteiger partial charge in [0.15, 0.2) is 0 Å². The van der Waals surface area contributed by atoms with E-state index in [1.807, 2.05) is 0 Å². The molecule has 0 bridgehead atoms. The largest absolute Gasteiger partial charge is 0.497 e. The lowest BCUT2D eigenvalue weighted by Crippen LogP contribution is -2.38. The number of benzene rings is 1. The number of hydrogen-bond donors (Lipinski definition) is 1. The highest BCUT2D eigenvalue weighted by Gasteiger charge is 2.15. The molecule has 0 saturated heterocycles. The first-order valence-corrected chi connectivity index (χ1v) is 8.21. The highest BCUT2D eigenvalue weighted by molar-refractivity contribution is 7.88. The van der Waals surface area contributed by atoms with Crippen LogP contribution in [0.25, 0.3) is 0 Å². The van der Waals surface area contributed by atoms with Gasteiger partial charge in [0.25, 0.3) is 5.91 Å². The molecule has 1 aromatic carbocycles. The highest BCUT2D eigenvalue weighted by Crippen LogP contribution is 2.12. The van der Waals surface area contributed by atoms with E-state index in [0.29, 0.717) is 11.3 Å². The van der Waals surface area contributed by atoms with E-state index in [1.165, 1.54) is 17.5 Å². The molecule has 1 rings (SSSR count). The summed E-state index contributed by atoms with van der Waals surface area (Å²) in [4.78, 5) is 11.9. The van der Waals surface area contributed by atoms with Crippen LogP contribution in [0.5, 0.6) is 5.75 Å². The summed E-state index contributed by atoms with van der Waals surface area (Å²) < 4.78 is 29.3. The van der Waals surface area contributed by atoms with Crippen molar-refractivity contribution in [3.8, 4) is 5.75 Å². The molecule has 1 N–H and O–H groups in total. The summed E-state index contributed by atoms with van der Waals surface area (Å²) in [5.74, 6) is 0.313. The van der Waals surface area contributed by atoms with Gasteiger partial charge in [0.2, 0.25) is 10.0 Å². The second-order valence-electron chi connectivity index (χ2n) is 4.40. The molecule has 0 saturated carbocycles. The summed E-state index contributed by atoms with van der Waals surface area (Å²) >= 11 is 0. The number of carbonyl (C=O) groups is 1. The van der Waals surface area contributed by atoms with E-state index in [-0.39, 0.29) is 25.5 Å². The number of methoxy groups -OCH3 is 1. The number of rotatable bonds is 8. The third-order valence-corrected chi connectivity index (χ3v) is 4.05. The topological polar surface area (TPSA) is 75.7 Å². The molecule has 116 valence electrons. The zero-order chi connectivity index (χ0) is 15.9. The molecule has 0 fully saturated rings. The molecule has 21 heavy (non-hydrogen) atoms. The molecule has 0 radical (unpaired) electrons. The first-order valence-electron chi connectivity index (χ1n) is 6.36. The van der Waals surface area contributed by atoms with E-state index < -0.39 is 10.0 Å². The van der Waals surface area contributed by atoms with Crippen LogP contribution in [0.4, 0.5) is 0 Å². The molecule has 0 aliphatic carbocycles. The van der Waals surface area contributed by atoms with Crippen LogP contribution in [-0.2, 0) is 10.0 Å². The Bertz CT molecular complexity index is 599. The lowest BCUT2D eigenvalue weighted by molar-refractivity contribution is 0.0951. The van der Waals surface area contributed by atoms with Crippen molar-refractivity contribution in [3.63, 3.8) is 0 Å². The average molecular weight is 312 g/mol. The van der Waals surface area contributed by atoms with E-state index in [2.05, 4.69) is 11.9 Å². The van der Waals surface area contributed by atoms with Crippen LogP contribution < -0.4 is 10.1 Å². The maximum atomic E-state index is 11.9. The van der Waals surface area contributed by atoms with Gasteiger partial charge in [-0.1, -0.05) is 12.1 Å². The molecular formula is C14H20N2O4S. The van der Waals surface area contributed by atoms with Crippen LogP contribution in [0.2, 0.25) is 0 Å². The highest BCUT2D eigenvalue weighted by atomic mass is 32.2. The second kappa shape index (κ2) is 7.80. The molecule has 0 atom stereocenters. The Morgan fingerprint density at radius 2 is 2.19 bits per heavy atom. The molecular weight excluding hydrogens is 292 g/mol. The summed E-state index contributed by atoms with van der Waals surface area (Å²) in [6.07, 6.45) is 2.63. The summed E-state index contributed by atoms with van der Waals surface area (Å²) in [5, 5.41) is 2.68. The molecule has 0 spiro atoms. The third kappa shape index (κ3) is 5.57. The Kier molecular flexibility index (Phi) is 6.39. The SMILES string of the molecule is C=CCN(CCNC(=O)c1cccc(OC)c1)S(C)(=O)=O. The van der Waals surface area contributed by atoms with Crippen LogP contribution in [-0.4, -0.2) is 51.6 Å². The van der Waals surface area contributed by atoms with Crippen LogP contribution in [0, 0.1) is 0 Å². The fraction of sp³-hybridized carbons (Fsp3) is 0.357. The van der Waals surface area contributed by atoms with Gasteiger partial charge in [0.1, 0.15) is 5.75 Å². The summed E-state index contributed by atoms with van der Waals surface area (Å²) in [7, 11) is -1.79. The van der Waals surface area contributed by atoms with E-state index >= 15 is 0 Å². The van der Waals surface area contributed by atoms with Gasteiger partial charge in [0.05, 0.1) is 13.4 Å². The van der Waals surface area contributed by atoms with Gasteiger partial charge >= 0.3 is 0 Å². The number of hydrogen-bond acceptors (Lipinski definition) is 4. The van der Waals surface area contributed by atoms with Crippen molar-refractivity contribution in [1.82, 2.24) is 9.62 Å². The van der Waals surface area contributed by atoms with Crippen molar-refractivity contribution in [3.05, 3.63) is 42.5 Å². The first kappa shape index (κ1) is 17.2. The normalized spacial score (nSPS) is 11.2. The predicted molar refractivity (Wildman–Crippen MR) is 81.9 cm³/mol. The Morgan fingerprint density at radius 1 is 1.48 bits per heavy atom. The Labute approximate surface area is 125 Å². The molecule has 1 amide bonds. The minimum atomic E-state index is -3.31. The minimum absolute atomic E-state index is 0.195. The number of sulfonamides is 1. The lowest BCUT2D eigenvalue weighted by Gasteiger charge is -2.18. The van der Waals surface area contributed by atoms with Gasteiger partial charge in [-0.2, -0.15) is 4.31 Å². The first-order chi connectivity index (χ1) is 9.88. The standard InChI is InChI=1S/C14H20N2O4S/c1-4-9-16(21(3,18)19)10-8-15-14(17)12-6-5-7-13(11-12)20-2/h4-7,11H,1,8-10H2,2-3H3,(H,15,17). The summed E-state index contributed by atoms with van der Waals surface area (Å²) in [6.45, 7) is 4.15. The smallest absolute Gasteiger partial charge is 0.251 e. The van der Waals surface area contributed by atoms with Gasteiger partial charge in [-0.25, -0.2) is 8.42 Å². The molecule has 0 heterocycles. The lowest BCUT2D eigenvalue weighted by atomic mass is 10.2. The summed E-state index contributed by atoms with van der Waals surface area (Å²) in [6, 6.07) is 6.74. The van der Waals surface area contributed by atoms with Gasteiger partial charge in [-0.3, -0.25) is 4.79 Å². The van der Waals surface area contributed by atoms with Gasteiger partial charge in [-0.05, 0) is 18.2 Å². The minimum Gasteiger partial charge on any atom is -0.497 e. The maximum absolute atomic E-state index is 11.9. The van der Waals surface area contributed by atoms with Crippen LogP contribution >= 0.6 is 0 Å². The van der Waals surface area contributed by atoms with Crippen molar-refractivity contribution in [2.75, 3.05) is 33.0 Å². The molecule has 1 aromatic rings.